The molecule has 0 rings (SSSR count). The summed E-state index contributed by atoms with van der Waals surface area (Å²) in [6.07, 6.45) is 0.352. The molecule has 0 spiro atoms. The lowest BCUT2D eigenvalue weighted by molar-refractivity contribution is -0.143. The molecule has 0 saturated carbocycles. The van der Waals surface area contributed by atoms with Crippen molar-refractivity contribution in [2.75, 3.05) is 0 Å². The minimum absolute atomic E-state index is 0.00143. The highest BCUT2D eigenvalue weighted by atomic mass is 16.2. The zero-order valence-electron chi connectivity index (χ0n) is 15.0. The fraction of sp³-hybridized carbons (Fsp3) is 0.882. The third-order valence-electron chi connectivity index (χ3n) is 5.15. The van der Waals surface area contributed by atoms with E-state index in [1.54, 1.807) is 6.92 Å². The van der Waals surface area contributed by atoms with Crippen LogP contribution in [0, 0.1) is 16.2 Å². The third-order valence-corrected chi connectivity index (χ3v) is 5.15. The van der Waals surface area contributed by atoms with Gasteiger partial charge in [0, 0.05) is 17.4 Å². The smallest absolute Gasteiger partial charge is 0.226 e. The minimum Gasteiger partial charge on any atom is -0.350 e. The van der Waals surface area contributed by atoms with Gasteiger partial charge in [0.2, 0.25) is 5.91 Å². The van der Waals surface area contributed by atoms with Crippen LogP contribution in [0.3, 0.4) is 0 Å². The Labute approximate surface area is 124 Å². The maximum Gasteiger partial charge on any atom is 0.226 e. The fourth-order valence-electron chi connectivity index (χ4n) is 2.35. The van der Waals surface area contributed by atoms with Crippen molar-refractivity contribution in [2.24, 2.45) is 16.2 Å². The Morgan fingerprint density at radius 2 is 1.25 bits per heavy atom. The molecule has 0 fully saturated rings. The van der Waals surface area contributed by atoms with Crippen LogP contribution in [0.4, 0.5) is 0 Å². The Morgan fingerprint density at radius 3 is 1.55 bits per heavy atom. The largest absolute Gasteiger partial charge is 0.350 e. The van der Waals surface area contributed by atoms with Gasteiger partial charge in [0.05, 0.1) is 0 Å². The molecule has 0 bridgehead atoms. The Bertz CT molecular complexity index is 384. The van der Waals surface area contributed by atoms with Crippen molar-refractivity contribution >= 4 is 11.7 Å². The molecule has 0 aromatic carbocycles. The van der Waals surface area contributed by atoms with Crippen LogP contribution in [-0.4, -0.2) is 17.2 Å². The Balaban J connectivity index is 5.25. The molecule has 0 aromatic heterocycles. The number of hydrogen-bond donors (Lipinski definition) is 1. The lowest BCUT2D eigenvalue weighted by Gasteiger charge is -2.50. The second-order valence-corrected chi connectivity index (χ2v) is 8.72. The van der Waals surface area contributed by atoms with E-state index in [9.17, 15) is 9.59 Å². The Kier molecular flexibility index (Phi) is 5.26. The van der Waals surface area contributed by atoms with E-state index in [1.807, 2.05) is 27.7 Å². The average Bonchev–Trinajstić information content (AvgIpc) is 2.11. The van der Waals surface area contributed by atoms with Crippen molar-refractivity contribution in [3.8, 4) is 0 Å². The standard InChI is InChI=1S/C17H33NO2/c1-12(19)11-15(5,6)18-13(20)16(7,8)17(9,10)14(2,3)4/h11H2,1-10H3,(H,18,20). The third kappa shape index (κ3) is 4.07. The first-order valence-electron chi connectivity index (χ1n) is 7.37. The maximum atomic E-state index is 12.7. The summed E-state index contributed by atoms with van der Waals surface area (Å²) in [5, 5.41) is 3.05. The summed E-state index contributed by atoms with van der Waals surface area (Å²) >= 11 is 0. The van der Waals surface area contributed by atoms with Gasteiger partial charge in [0.15, 0.2) is 0 Å². The molecule has 0 radical (unpaired) electrons. The number of rotatable bonds is 5. The number of nitrogens with one attached hydrogen (secondary N) is 1. The van der Waals surface area contributed by atoms with Crippen LogP contribution in [0.5, 0.6) is 0 Å². The van der Waals surface area contributed by atoms with Crippen molar-refractivity contribution in [2.45, 2.75) is 81.2 Å². The molecular weight excluding hydrogens is 250 g/mol. The molecule has 0 aliphatic rings. The van der Waals surface area contributed by atoms with E-state index in [1.165, 1.54) is 0 Å². The summed E-state index contributed by atoms with van der Waals surface area (Å²) in [6.45, 7) is 20.0. The monoisotopic (exact) mass is 283 g/mol. The van der Waals surface area contributed by atoms with Crippen LogP contribution in [0.2, 0.25) is 0 Å². The summed E-state index contributed by atoms with van der Waals surface area (Å²) in [5.41, 5.74) is -1.22. The van der Waals surface area contributed by atoms with Gasteiger partial charge >= 0.3 is 0 Å². The molecule has 0 aliphatic carbocycles. The molecule has 0 unspecified atom stereocenters. The fourth-order valence-corrected chi connectivity index (χ4v) is 2.35. The van der Waals surface area contributed by atoms with Gasteiger partial charge in [-0.3, -0.25) is 9.59 Å². The molecule has 0 saturated heterocycles. The average molecular weight is 283 g/mol. The maximum absolute atomic E-state index is 12.7. The summed E-state index contributed by atoms with van der Waals surface area (Å²) in [4.78, 5) is 24.0. The van der Waals surface area contributed by atoms with E-state index in [0.717, 1.165) is 0 Å². The van der Waals surface area contributed by atoms with Gasteiger partial charge in [-0.15, -0.1) is 0 Å². The van der Waals surface area contributed by atoms with Gasteiger partial charge in [-0.1, -0.05) is 48.5 Å². The lowest BCUT2D eigenvalue weighted by Crippen LogP contribution is -2.56. The van der Waals surface area contributed by atoms with E-state index >= 15 is 0 Å². The zero-order chi connectivity index (χ0) is 16.6. The van der Waals surface area contributed by atoms with Crippen LogP contribution in [0.15, 0.2) is 0 Å². The number of ketones is 1. The van der Waals surface area contributed by atoms with E-state index in [-0.39, 0.29) is 22.5 Å². The summed E-state index contributed by atoms with van der Waals surface area (Å²) < 4.78 is 0. The summed E-state index contributed by atoms with van der Waals surface area (Å²) in [6, 6.07) is 0. The molecule has 0 aromatic rings. The van der Waals surface area contributed by atoms with E-state index in [2.05, 4.69) is 39.9 Å². The first-order chi connectivity index (χ1) is 8.54. The predicted molar refractivity (Wildman–Crippen MR) is 84.5 cm³/mol. The van der Waals surface area contributed by atoms with Gasteiger partial charge in [0.1, 0.15) is 5.78 Å². The van der Waals surface area contributed by atoms with E-state index in [4.69, 9.17) is 0 Å². The first-order valence-corrected chi connectivity index (χ1v) is 7.37. The molecule has 0 atom stereocenters. The van der Waals surface area contributed by atoms with Crippen molar-refractivity contribution < 1.29 is 9.59 Å². The molecule has 0 aliphatic heterocycles. The van der Waals surface area contributed by atoms with Gasteiger partial charge in [-0.05, 0) is 31.6 Å². The van der Waals surface area contributed by atoms with Crippen LogP contribution in [0.1, 0.15) is 75.7 Å². The summed E-state index contributed by atoms with van der Waals surface area (Å²) in [7, 11) is 0. The molecule has 1 N–H and O–H groups in total. The number of amides is 1. The lowest BCUT2D eigenvalue weighted by atomic mass is 9.55. The SMILES string of the molecule is CC(=O)CC(C)(C)NC(=O)C(C)(C)C(C)(C)C(C)(C)C. The Hall–Kier alpha value is -0.860. The molecule has 0 heterocycles. The second-order valence-electron chi connectivity index (χ2n) is 8.72. The predicted octanol–water partition coefficient (Wildman–Crippen LogP) is 3.96. The van der Waals surface area contributed by atoms with E-state index in [0.29, 0.717) is 6.42 Å². The number of Topliss-reactive ketones (excluding diaryl/α,β-unsaturated/α-hetero) is 1. The highest BCUT2D eigenvalue weighted by molar-refractivity contribution is 5.84. The quantitative estimate of drug-likeness (QED) is 0.830. The number of carbonyl (C=O) groups excluding carboxylic acids is 2. The van der Waals surface area contributed by atoms with Crippen LogP contribution in [0.25, 0.3) is 0 Å². The van der Waals surface area contributed by atoms with Gasteiger partial charge in [0.25, 0.3) is 0 Å². The second kappa shape index (κ2) is 5.50. The van der Waals surface area contributed by atoms with Crippen molar-refractivity contribution in [3.63, 3.8) is 0 Å². The highest BCUT2D eigenvalue weighted by Crippen LogP contribution is 2.51. The molecule has 20 heavy (non-hydrogen) atoms. The van der Waals surface area contributed by atoms with Crippen molar-refractivity contribution in [1.82, 2.24) is 5.32 Å². The number of carbonyl (C=O) groups is 2. The zero-order valence-corrected chi connectivity index (χ0v) is 15.0. The molecule has 3 nitrogen and oxygen atoms in total. The van der Waals surface area contributed by atoms with Crippen LogP contribution >= 0.6 is 0 Å². The number of hydrogen-bond acceptors (Lipinski definition) is 2. The van der Waals surface area contributed by atoms with E-state index < -0.39 is 11.0 Å². The van der Waals surface area contributed by atoms with Gasteiger partial charge in [-0.25, -0.2) is 0 Å². The molecule has 3 heteroatoms. The van der Waals surface area contributed by atoms with Crippen molar-refractivity contribution in [1.29, 1.82) is 0 Å². The highest BCUT2D eigenvalue weighted by Gasteiger charge is 2.50. The topological polar surface area (TPSA) is 46.2 Å². The molecule has 1 amide bonds. The first kappa shape index (κ1) is 19.1. The minimum atomic E-state index is -0.528. The molecular formula is C17H33NO2. The van der Waals surface area contributed by atoms with Crippen molar-refractivity contribution in [3.05, 3.63) is 0 Å². The van der Waals surface area contributed by atoms with Gasteiger partial charge in [-0.2, -0.15) is 0 Å². The summed E-state index contributed by atoms with van der Waals surface area (Å²) in [5.74, 6) is 0.0897. The van der Waals surface area contributed by atoms with Crippen LogP contribution < -0.4 is 5.32 Å². The molecule has 118 valence electrons. The van der Waals surface area contributed by atoms with Crippen LogP contribution in [-0.2, 0) is 9.59 Å². The Morgan fingerprint density at radius 1 is 0.850 bits per heavy atom. The van der Waals surface area contributed by atoms with Gasteiger partial charge < -0.3 is 5.32 Å². The normalized spacial score (nSPS) is 14.1.